The van der Waals surface area contributed by atoms with Crippen molar-refractivity contribution in [2.45, 2.75) is 12.8 Å². The standard InChI is InChI=1S/C15H15ClFN5O3/c16-10-7-9(3-4-11(10)17)20-13(18)12-15(22-25-21-12)24-6-5-19-14(23)8-1-2-8/h3-4,7-8H,1-2,5-6H2,(H2,18,20)(H,19,23). The maximum absolute atomic E-state index is 13.2. The van der Waals surface area contributed by atoms with Gasteiger partial charge in [-0.15, -0.1) is 0 Å². The molecule has 1 aliphatic rings. The fourth-order valence-corrected chi connectivity index (χ4v) is 2.16. The Hall–Kier alpha value is -2.68. The zero-order chi connectivity index (χ0) is 17.8. The lowest BCUT2D eigenvalue weighted by molar-refractivity contribution is -0.122. The highest BCUT2D eigenvalue weighted by Crippen LogP contribution is 2.28. The predicted octanol–water partition coefficient (Wildman–Crippen LogP) is 1.80. The SMILES string of the molecule is NC(=Nc1ccc(F)c(Cl)c1)c1nonc1OCCNC(=O)C1CC1. The smallest absolute Gasteiger partial charge is 0.287 e. The summed E-state index contributed by atoms with van der Waals surface area (Å²) in [4.78, 5) is 15.6. The Morgan fingerprint density at radius 1 is 1.48 bits per heavy atom. The Bertz CT molecular complexity index is 806. The minimum atomic E-state index is -0.556. The van der Waals surface area contributed by atoms with E-state index >= 15 is 0 Å². The van der Waals surface area contributed by atoms with E-state index in [4.69, 9.17) is 22.1 Å². The minimum Gasteiger partial charge on any atom is -0.472 e. The van der Waals surface area contributed by atoms with Crippen LogP contribution in [-0.2, 0) is 4.79 Å². The van der Waals surface area contributed by atoms with Gasteiger partial charge in [0, 0.05) is 5.92 Å². The molecule has 1 fully saturated rings. The van der Waals surface area contributed by atoms with Crippen LogP contribution >= 0.6 is 11.6 Å². The Kier molecular flexibility index (Phi) is 5.13. The number of hydrogen-bond acceptors (Lipinski definition) is 6. The highest BCUT2D eigenvalue weighted by atomic mass is 35.5. The summed E-state index contributed by atoms with van der Waals surface area (Å²) in [5.41, 5.74) is 6.31. The maximum atomic E-state index is 13.2. The topological polar surface area (TPSA) is 116 Å². The lowest BCUT2D eigenvalue weighted by Gasteiger charge is -2.05. The third-order valence-electron chi connectivity index (χ3n) is 3.44. The van der Waals surface area contributed by atoms with Gasteiger partial charge in [-0.25, -0.2) is 14.0 Å². The molecule has 1 aromatic heterocycles. The summed E-state index contributed by atoms with van der Waals surface area (Å²) in [6, 6.07) is 3.91. The highest BCUT2D eigenvalue weighted by molar-refractivity contribution is 6.31. The molecule has 1 saturated carbocycles. The Labute approximate surface area is 147 Å². The van der Waals surface area contributed by atoms with Crippen molar-refractivity contribution in [1.82, 2.24) is 15.6 Å². The molecule has 3 rings (SSSR count). The second kappa shape index (κ2) is 7.47. The summed E-state index contributed by atoms with van der Waals surface area (Å²) in [6.45, 7) is 0.502. The van der Waals surface area contributed by atoms with Crippen molar-refractivity contribution < 1.29 is 18.6 Å². The van der Waals surface area contributed by atoms with Crippen molar-refractivity contribution in [1.29, 1.82) is 0 Å². The van der Waals surface area contributed by atoms with Crippen LogP contribution in [0.5, 0.6) is 5.88 Å². The molecule has 10 heteroatoms. The Balaban J connectivity index is 1.60. The lowest BCUT2D eigenvalue weighted by atomic mass is 10.3. The number of benzene rings is 1. The van der Waals surface area contributed by atoms with Gasteiger partial charge in [0.25, 0.3) is 5.88 Å². The molecule has 1 heterocycles. The van der Waals surface area contributed by atoms with Crippen LogP contribution in [0.4, 0.5) is 10.1 Å². The molecule has 25 heavy (non-hydrogen) atoms. The molecule has 1 aliphatic carbocycles. The second-order valence-electron chi connectivity index (χ2n) is 5.43. The van der Waals surface area contributed by atoms with E-state index < -0.39 is 5.82 Å². The average molecular weight is 368 g/mol. The molecule has 1 amide bonds. The summed E-state index contributed by atoms with van der Waals surface area (Å²) in [5.74, 6) is -0.374. The molecule has 132 valence electrons. The molecule has 2 aromatic rings. The van der Waals surface area contributed by atoms with E-state index in [1.54, 1.807) is 0 Å². The van der Waals surface area contributed by atoms with Gasteiger partial charge >= 0.3 is 0 Å². The van der Waals surface area contributed by atoms with Crippen LogP contribution in [-0.4, -0.2) is 35.2 Å². The number of aliphatic imine (C=N–C) groups is 1. The molecular weight excluding hydrogens is 353 g/mol. The zero-order valence-corrected chi connectivity index (χ0v) is 13.8. The normalized spacial score (nSPS) is 14.4. The molecule has 0 bridgehead atoms. The van der Waals surface area contributed by atoms with Crippen LogP contribution in [0.2, 0.25) is 5.02 Å². The van der Waals surface area contributed by atoms with Crippen molar-refractivity contribution >= 4 is 29.0 Å². The first kappa shape index (κ1) is 17.2. The fourth-order valence-electron chi connectivity index (χ4n) is 1.99. The van der Waals surface area contributed by atoms with E-state index in [1.807, 2.05) is 0 Å². The van der Waals surface area contributed by atoms with Crippen LogP contribution in [0.1, 0.15) is 18.5 Å². The summed E-state index contributed by atoms with van der Waals surface area (Å²) >= 11 is 5.70. The number of nitrogens with one attached hydrogen (secondary N) is 1. The highest BCUT2D eigenvalue weighted by Gasteiger charge is 2.29. The van der Waals surface area contributed by atoms with Gasteiger partial charge in [-0.3, -0.25) is 4.79 Å². The van der Waals surface area contributed by atoms with E-state index in [2.05, 4.69) is 25.3 Å². The van der Waals surface area contributed by atoms with Gasteiger partial charge in [0.1, 0.15) is 12.4 Å². The number of halogens is 2. The second-order valence-corrected chi connectivity index (χ2v) is 5.83. The van der Waals surface area contributed by atoms with Crippen LogP contribution in [0, 0.1) is 11.7 Å². The maximum Gasteiger partial charge on any atom is 0.287 e. The van der Waals surface area contributed by atoms with Gasteiger partial charge in [0.15, 0.2) is 5.84 Å². The van der Waals surface area contributed by atoms with E-state index in [0.29, 0.717) is 12.2 Å². The minimum absolute atomic E-state index is 0.0244. The number of aromatic nitrogens is 2. The molecule has 0 unspecified atom stereocenters. The third kappa shape index (κ3) is 4.44. The van der Waals surface area contributed by atoms with Gasteiger partial charge in [0.2, 0.25) is 11.6 Å². The number of rotatable bonds is 7. The van der Waals surface area contributed by atoms with Crippen LogP contribution < -0.4 is 15.8 Å². The number of amidine groups is 1. The molecule has 8 nitrogen and oxygen atoms in total. The number of carbonyl (C=O) groups is 1. The van der Waals surface area contributed by atoms with E-state index in [-0.39, 0.29) is 40.9 Å². The van der Waals surface area contributed by atoms with Gasteiger partial charge in [-0.05, 0) is 41.4 Å². The Morgan fingerprint density at radius 2 is 2.28 bits per heavy atom. The van der Waals surface area contributed by atoms with Crippen LogP contribution in [0.25, 0.3) is 0 Å². The summed E-state index contributed by atoms with van der Waals surface area (Å²) in [7, 11) is 0. The fraction of sp³-hybridized carbons (Fsp3) is 0.333. The van der Waals surface area contributed by atoms with Gasteiger partial charge in [0.05, 0.1) is 17.3 Å². The number of nitrogens with zero attached hydrogens (tertiary/aromatic N) is 3. The summed E-state index contributed by atoms with van der Waals surface area (Å²) in [5, 5.41) is 9.93. The first-order chi connectivity index (χ1) is 12.0. The number of carbonyl (C=O) groups excluding carboxylic acids is 1. The third-order valence-corrected chi connectivity index (χ3v) is 3.73. The van der Waals surface area contributed by atoms with Crippen molar-refractivity contribution in [2.75, 3.05) is 13.2 Å². The largest absolute Gasteiger partial charge is 0.472 e. The first-order valence-electron chi connectivity index (χ1n) is 7.57. The van der Waals surface area contributed by atoms with E-state index in [9.17, 15) is 9.18 Å². The molecule has 3 N–H and O–H groups in total. The van der Waals surface area contributed by atoms with Crippen molar-refractivity contribution in [3.05, 3.63) is 34.7 Å². The van der Waals surface area contributed by atoms with Gasteiger partial charge < -0.3 is 15.8 Å². The van der Waals surface area contributed by atoms with E-state index in [0.717, 1.165) is 12.8 Å². The number of amides is 1. The van der Waals surface area contributed by atoms with Crippen molar-refractivity contribution in [2.24, 2.45) is 16.6 Å². The van der Waals surface area contributed by atoms with Gasteiger partial charge in [-0.2, -0.15) is 0 Å². The molecule has 1 aromatic carbocycles. The molecule has 0 radical (unpaired) electrons. The number of hydrogen-bond donors (Lipinski definition) is 2. The Morgan fingerprint density at radius 3 is 3.00 bits per heavy atom. The molecule has 0 aliphatic heterocycles. The van der Waals surface area contributed by atoms with Gasteiger partial charge in [-0.1, -0.05) is 11.6 Å². The van der Waals surface area contributed by atoms with E-state index in [1.165, 1.54) is 18.2 Å². The quantitative estimate of drug-likeness (QED) is 0.438. The van der Waals surface area contributed by atoms with Crippen molar-refractivity contribution in [3.63, 3.8) is 0 Å². The number of nitrogens with two attached hydrogens (primary N) is 1. The van der Waals surface area contributed by atoms with Crippen LogP contribution in [0.15, 0.2) is 27.8 Å². The summed E-state index contributed by atoms with van der Waals surface area (Å²) in [6.07, 6.45) is 1.87. The van der Waals surface area contributed by atoms with Crippen LogP contribution in [0.3, 0.4) is 0 Å². The first-order valence-corrected chi connectivity index (χ1v) is 7.95. The predicted molar refractivity (Wildman–Crippen MR) is 87.3 cm³/mol. The average Bonchev–Trinajstić information content (AvgIpc) is 3.33. The molecular formula is C15H15ClFN5O3. The lowest BCUT2D eigenvalue weighted by Crippen LogP contribution is -2.29. The molecule has 0 atom stereocenters. The molecule has 0 saturated heterocycles. The zero-order valence-electron chi connectivity index (χ0n) is 13.0. The van der Waals surface area contributed by atoms with Crippen molar-refractivity contribution in [3.8, 4) is 5.88 Å². The number of ether oxygens (including phenoxy) is 1. The molecule has 0 spiro atoms. The monoisotopic (exact) mass is 367 g/mol. The summed E-state index contributed by atoms with van der Waals surface area (Å²) < 4.78 is 23.2.